The number of benzene rings is 14. The largest absolute Gasteiger partial charge is 0.311 e. The third-order valence-electron chi connectivity index (χ3n) is 20.0. The van der Waals surface area contributed by atoms with Gasteiger partial charge < -0.3 is 9.80 Å². The lowest BCUT2D eigenvalue weighted by molar-refractivity contribution is 0.745. The van der Waals surface area contributed by atoms with E-state index in [0.717, 1.165) is 111 Å². The first-order valence-corrected chi connectivity index (χ1v) is 36.2. The van der Waals surface area contributed by atoms with Gasteiger partial charge in [-0.3, -0.25) is 9.97 Å². The summed E-state index contributed by atoms with van der Waals surface area (Å²) in [5, 5.41) is 4.33. The minimum absolute atomic E-state index is 0.590. The zero-order chi connectivity index (χ0) is 71.6. The Bertz CT molecular complexity index is 5640. The summed E-state index contributed by atoms with van der Waals surface area (Å²) in [6, 6.07) is 141. The molecule has 0 atom stereocenters. The number of hydrogen-bond acceptors (Lipinski definition) is 6. The average Bonchev–Trinajstić information content (AvgIpc) is 0.730. The van der Waals surface area contributed by atoms with Gasteiger partial charge in [-0.2, -0.15) is 0 Å². The van der Waals surface area contributed by atoms with Crippen LogP contribution in [0.25, 0.3) is 102 Å². The van der Waals surface area contributed by atoms with Crippen molar-refractivity contribution in [3.63, 3.8) is 0 Å². The van der Waals surface area contributed by atoms with Crippen LogP contribution in [0.5, 0.6) is 0 Å². The van der Waals surface area contributed by atoms with Crippen LogP contribution in [0.2, 0.25) is 0 Å². The molecule has 0 N–H and O–H groups in total. The number of aromatic nitrogens is 4. The van der Waals surface area contributed by atoms with Crippen molar-refractivity contribution < 1.29 is 0 Å². The van der Waals surface area contributed by atoms with E-state index in [1.54, 1.807) is 0 Å². The van der Waals surface area contributed by atoms with Crippen molar-refractivity contribution in [1.29, 1.82) is 0 Å². The van der Waals surface area contributed by atoms with Gasteiger partial charge in [-0.05, 0) is 153 Å². The van der Waals surface area contributed by atoms with Crippen LogP contribution in [0.4, 0.5) is 34.1 Å². The maximum atomic E-state index is 5.14. The minimum atomic E-state index is -0.590. The monoisotopic (exact) mass is 1370 g/mol. The Morgan fingerprint density at radius 2 is 0.449 bits per heavy atom. The summed E-state index contributed by atoms with van der Waals surface area (Å²) in [5.74, 6) is 0. The molecule has 4 heterocycles. The lowest BCUT2D eigenvalue weighted by atomic mass is 9.65. The van der Waals surface area contributed by atoms with Gasteiger partial charge in [0.15, 0.2) is 0 Å². The van der Waals surface area contributed by atoms with Gasteiger partial charge in [0, 0.05) is 79.2 Å². The number of hydrogen-bond donors (Lipinski definition) is 0. The van der Waals surface area contributed by atoms with Crippen LogP contribution in [-0.4, -0.2) is 19.9 Å². The number of anilines is 6. The van der Waals surface area contributed by atoms with Crippen molar-refractivity contribution in [2.24, 2.45) is 0 Å². The zero-order valence-electron chi connectivity index (χ0n) is 58.8. The van der Waals surface area contributed by atoms with Crippen LogP contribution in [0.1, 0.15) is 44.5 Å². The molecular weight excluding hydrogens is 1300 g/mol. The molecule has 14 aromatic carbocycles. The van der Waals surface area contributed by atoms with E-state index in [1.165, 1.54) is 44.5 Å². The molecule has 0 amide bonds. The second-order valence-electron chi connectivity index (χ2n) is 26.6. The Balaban J connectivity index is 0.000000157. The smallest absolute Gasteiger partial charge is 0.0972 e. The van der Waals surface area contributed by atoms with Crippen LogP contribution < -0.4 is 9.80 Å². The third-order valence-corrected chi connectivity index (χ3v) is 20.0. The second-order valence-corrected chi connectivity index (χ2v) is 26.6. The average molecular weight is 1370 g/mol. The molecule has 18 aromatic rings. The highest BCUT2D eigenvalue weighted by atomic mass is 15.1. The van der Waals surface area contributed by atoms with Gasteiger partial charge in [0.25, 0.3) is 0 Å². The molecule has 0 bridgehead atoms. The molecule has 0 saturated heterocycles. The molecule has 506 valence electrons. The highest BCUT2D eigenvalue weighted by molar-refractivity contribution is 6.04. The first-order valence-electron chi connectivity index (χ1n) is 36.2. The Labute approximate surface area is 624 Å². The van der Waals surface area contributed by atoms with E-state index in [2.05, 4.69) is 432 Å². The van der Waals surface area contributed by atoms with Crippen LogP contribution >= 0.6 is 0 Å². The van der Waals surface area contributed by atoms with E-state index in [9.17, 15) is 0 Å². The van der Waals surface area contributed by atoms with Gasteiger partial charge in [0.2, 0.25) is 0 Å². The minimum Gasteiger partial charge on any atom is -0.311 e. The van der Waals surface area contributed by atoms with E-state index >= 15 is 0 Å². The lowest BCUT2D eigenvalue weighted by Crippen LogP contribution is -2.31. The first kappa shape index (κ1) is 66.1. The summed E-state index contributed by atoms with van der Waals surface area (Å²) in [6.07, 6.45) is 12.4. The molecule has 0 aliphatic heterocycles. The van der Waals surface area contributed by atoms with Crippen LogP contribution in [0.3, 0.4) is 0 Å². The van der Waals surface area contributed by atoms with Crippen LogP contribution in [-0.2, 0) is 5.41 Å². The van der Waals surface area contributed by atoms with E-state index in [4.69, 9.17) is 9.97 Å². The summed E-state index contributed by atoms with van der Waals surface area (Å²) in [6.45, 7) is 0. The second kappa shape index (κ2) is 30.4. The van der Waals surface area contributed by atoms with Gasteiger partial charge >= 0.3 is 0 Å². The van der Waals surface area contributed by atoms with Crippen molar-refractivity contribution in [2.45, 2.75) is 5.41 Å². The maximum absolute atomic E-state index is 5.14. The first-order chi connectivity index (χ1) is 53.0. The van der Waals surface area contributed by atoms with Crippen molar-refractivity contribution in [3.8, 4) is 33.6 Å². The van der Waals surface area contributed by atoms with Gasteiger partial charge in [-0.1, -0.05) is 328 Å². The Morgan fingerprint density at radius 3 is 0.766 bits per heavy atom. The molecule has 18 rings (SSSR count). The number of fused-ring (bicyclic) bond motifs is 6. The molecule has 0 saturated carbocycles. The fourth-order valence-corrected chi connectivity index (χ4v) is 14.6. The topological polar surface area (TPSA) is 58.0 Å². The molecule has 0 aliphatic rings. The quantitative estimate of drug-likeness (QED) is 0.0514. The molecule has 0 unspecified atom stereocenters. The normalized spacial score (nSPS) is 11.5. The van der Waals surface area contributed by atoms with E-state index in [0.29, 0.717) is 0 Å². The standard InChI is InChI=1S/C52H40N2.C49H32N4/c1-5-13-47(14-6-1)53(48-15-7-2-8-16-48)51-37-29-43(30-38-51)23-21-41-25-33-45(34-26-41)46-35-27-42(28-36-46)22-24-44-31-39-52(40-32-44)54(49-17-9-3-10-18-49)50-19-11-4-12-20-50;1-3-11-39(12-4-1)49(40-13-5-2-6-14-40,41-25-19-33(20-26-41)43-29-23-37-17-15-35-9-7-31-50-45(35)47(37)52-43)42-27-21-34(22-28-42)44-30-24-38-18-16-36-10-8-32-51-46(36)48(38)53-44/h1-40H;1-32H/b23-21+,24-22+;. The number of nitrogens with zero attached hydrogens (tertiary/aromatic N) is 6. The summed E-state index contributed by atoms with van der Waals surface area (Å²) in [4.78, 5) is 24.2. The van der Waals surface area contributed by atoms with E-state index in [-0.39, 0.29) is 0 Å². The van der Waals surface area contributed by atoms with Crippen molar-refractivity contribution >= 4 is 102 Å². The Morgan fingerprint density at radius 1 is 0.196 bits per heavy atom. The summed E-state index contributed by atoms with van der Waals surface area (Å²) in [5.41, 5.74) is 25.6. The summed E-state index contributed by atoms with van der Waals surface area (Å²) in [7, 11) is 0. The third kappa shape index (κ3) is 14.0. The SMILES string of the molecule is C(=C\c1ccc(N(c2ccccc2)c2ccccc2)cc1)/c1ccc(-c2ccc(/C=C/c3ccc(N(c4ccccc4)c4ccccc4)cc3)cc2)cc1.c1ccc(C(c2ccccc2)(c2ccc(-c3ccc4ccc5cccnc5c4n3)cc2)c2ccc(-c3ccc4ccc5cccnc5c4n3)cc2)cc1. The molecule has 0 spiro atoms. The summed E-state index contributed by atoms with van der Waals surface area (Å²) >= 11 is 0. The van der Waals surface area contributed by atoms with Gasteiger partial charge in [0.1, 0.15) is 0 Å². The molecule has 6 heteroatoms. The van der Waals surface area contributed by atoms with Crippen molar-refractivity contribution in [2.75, 3.05) is 9.80 Å². The van der Waals surface area contributed by atoms with Gasteiger partial charge in [-0.15, -0.1) is 0 Å². The fourth-order valence-electron chi connectivity index (χ4n) is 14.6. The van der Waals surface area contributed by atoms with Crippen molar-refractivity contribution in [1.82, 2.24) is 19.9 Å². The maximum Gasteiger partial charge on any atom is 0.0972 e. The Kier molecular flexibility index (Phi) is 18.8. The zero-order valence-corrected chi connectivity index (χ0v) is 58.8. The Hall–Kier alpha value is -14.2. The fraction of sp³-hybridized carbons (Fsp3) is 0.00990. The van der Waals surface area contributed by atoms with Crippen molar-refractivity contribution in [3.05, 3.63) is 457 Å². The number of para-hydroxylation sites is 4. The molecule has 4 aromatic heterocycles. The van der Waals surface area contributed by atoms with Gasteiger partial charge in [0.05, 0.1) is 38.9 Å². The summed E-state index contributed by atoms with van der Waals surface area (Å²) < 4.78 is 0. The van der Waals surface area contributed by atoms with E-state index < -0.39 is 5.41 Å². The number of rotatable bonds is 17. The molecule has 107 heavy (non-hydrogen) atoms. The molecular formula is C101H72N6. The molecule has 0 aliphatic carbocycles. The molecule has 6 nitrogen and oxygen atoms in total. The highest BCUT2D eigenvalue weighted by Gasteiger charge is 2.38. The van der Waals surface area contributed by atoms with E-state index in [1.807, 2.05) is 24.5 Å². The highest BCUT2D eigenvalue weighted by Crippen LogP contribution is 2.47. The lowest BCUT2D eigenvalue weighted by Gasteiger charge is -2.37. The predicted octanol–water partition coefficient (Wildman–Crippen LogP) is 26.2. The van der Waals surface area contributed by atoms with Crippen LogP contribution in [0.15, 0.2) is 413 Å². The van der Waals surface area contributed by atoms with Crippen LogP contribution in [0, 0.1) is 0 Å². The predicted molar refractivity (Wildman–Crippen MR) is 449 cm³/mol. The van der Waals surface area contributed by atoms with Gasteiger partial charge in [-0.25, -0.2) is 9.97 Å². The molecule has 0 radical (unpaired) electrons. The number of pyridine rings is 4. The molecule has 0 fully saturated rings.